The number of carbonyl (C=O) groups is 2. The van der Waals surface area contributed by atoms with Crippen LogP contribution in [0.2, 0.25) is 0 Å². The fraction of sp³-hybridized carbons (Fsp3) is 0.286. The van der Waals surface area contributed by atoms with Crippen LogP contribution in [0.5, 0.6) is 0 Å². The summed E-state index contributed by atoms with van der Waals surface area (Å²) in [5.74, 6) is -0.331. The minimum absolute atomic E-state index is 0.320. The van der Waals surface area contributed by atoms with E-state index in [0.717, 1.165) is 16.5 Å². The predicted molar refractivity (Wildman–Crippen MR) is 108 cm³/mol. The van der Waals surface area contributed by atoms with Crippen molar-refractivity contribution >= 4 is 28.6 Å². The quantitative estimate of drug-likeness (QED) is 0.630. The van der Waals surface area contributed by atoms with E-state index in [-0.39, 0.29) is 5.91 Å². The molecular formula is C21H24N4O3. The Kier molecular flexibility index (Phi) is 5.63. The Morgan fingerprint density at radius 2 is 1.86 bits per heavy atom. The molecule has 0 aliphatic heterocycles. The van der Waals surface area contributed by atoms with Crippen LogP contribution in [-0.2, 0) is 16.0 Å². The zero-order valence-corrected chi connectivity index (χ0v) is 16.2. The summed E-state index contributed by atoms with van der Waals surface area (Å²) < 4.78 is 5.33. The lowest BCUT2D eigenvalue weighted by Crippen LogP contribution is -2.47. The number of fused-ring (bicyclic) bond motifs is 1. The first kappa shape index (κ1) is 19.4. The number of nitrogens with zero attached hydrogens (tertiary/aromatic N) is 1. The lowest BCUT2D eigenvalue weighted by Gasteiger charge is -2.23. The average Bonchev–Trinajstić information content (AvgIpc) is 3.03. The Balaban J connectivity index is 1.81. The summed E-state index contributed by atoms with van der Waals surface area (Å²) in [6.45, 7) is 5.33. The molecule has 7 heteroatoms. The highest BCUT2D eigenvalue weighted by Crippen LogP contribution is 2.20. The number of nitrogens with one attached hydrogen (secondary N) is 3. The second kappa shape index (κ2) is 8.12. The van der Waals surface area contributed by atoms with Crippen LogP contribution in [0.3, 0.4) is 0 Å². The third-order valence-electron chi connectivity index (χ3n) is 4.05. The standard InChI is InChI=1S/C21H24N4O3/c1-21(2,3)28-20(27)25-18(19(26)24-15-8-10-22-11-9-15)12-14-13-23-17-7-5-4-6-16(14)17/h4-11,13,18,23H,12H2,1-3H3,(H,25,27)(H,22,24,26)/t18-/m0/s1. The van der Waals surface area contributed by atoms with Crippen molar-refractivity contribution in [3.05, 3.63) is 60.6 Å². The van der Waals surface area contributed by atoms with Crippen molar-refractivity contribution in [2.75, 3.05) is 5.32 Å². The Morgan fingerprint density at radius 3 is 2.57 bits per heavy atom. The van der Waals surface area contributed by atoms with Gasteiger partial charge < -0.3 is 20.4 Å². The van der Waals surface area contributed by atoms with E-state index in [1.54, 1.807) is 45.3 Å². The minimum Gasteiger partial charge on any atom is -0.444 e. The second-order valence-corrected chi connectivity index (χ2v) is 7.49. The first-order valence-electron chi connectivity index (χ1n) is 9.07. The molecule has 2 heterocycles. The van der Waals surface area contributed by atoms with Gasteiger partial charge in [-0.3, -0.25) is 9.78 Å². The van der Waals surface area contributed by atoms with Crippen molar-refractivity contribution in [2.45, 2.75) is 38.8 Å². The maximum Gasteiger partial charge on any atom is 0.408 e. The number of hydrogen-bond acceptors (Lipinski definition) is 4. The van der Waals surface area contributed by atoms with Gasteiger partial charge in [0.1, 0.15) is 11.6 Å². The molecular weight excluding hydrogens is 356 g/mol. The van der Waals surface area contributed by atoms with Gasteiger partial charge >= 0.3 is 6.09 Å². The molecule has 0 saturated carbocycles. The highest BCUT2D eigenvalue weighted by molar-refractivity contribution is 5.97. The molecule has 2 aromatic heterocycles. The number of para-hydroxylation sites is 1. The number of hydrogen-bond donors (Lipinski definition) is 3. The van der Waals surface area contributed by atoms with Gasteiger partial charge in [0.2, 0.25) is 5.91 Å². The molecule has 0 unspecified atom stereocenters. The van der Waals surface area contributed by atoms with Crippen molar-refractivity contribution in [1.29, 1.82) is 0 Å². The molecule has 3 aromatic rings. The molecule has 0 radical (unpaired) electrons. The maximum atomic E-state index is 12.9. The lowest BCUT2D eigenvalue weighted by atomic mass is 10.0. The van der Waals surface area contributed by atoms with Gasteiger partial charge in [0.05, 0.1) is 0 Å². The topological polar surface area (TPSA) is 96.1 Å². The molecule has 0 saturated heterocycles. The molecule has 3 rings (SSSR count). The number of rotatable bonds is 5. The molecule has 1 aromatic carbocycles. The second-order valence-electron chi connectivity index (χ2n) is 7.49. The van der Waals surface area contributed by atoms with Gasteiger partial charge in [0, 0.05) is 41.6 Å². The Morgan fingerprint density at radius 1 is 1.14 bits per heavy atom. The van der Waals surface area contributed by atoms with Crippen LogP contribution in [0.15, 0.2) is 55.0 Å². The lowest BCUT2D eigenvalue weighted by molar-refractivity contribution is -0.118. The fourth-order valence-corrected chi connectivity index (χ4v) is 2.84. The summed E-state index contributed by atoms with van der Waals surface area (Å²) in [5, 5.41) is 6.51. The number of aromatic nitrogens is 2. The first-order valence-corrected chi connectivity index (χ1v) is 9.07. The molecule has 28 heavy (non-hydrogen) atoms. The van der Waals surface area contributed by atoms with E-state index in [4.69, 9.17) is 4.74 Å². The van der Waals surface area contributed by atoms with E-state index in [1.807, 2.05) is 30.5 Å². The third kappa shape index (κ3) is 5.09. The fourth-order valence-electron chi connectivity index (χ4n) is 2.84. The SMILES string of the molecule is CC(C)(C)OC(=O)N[C@@H](Cc1c[nH]c2ccccc12)C(=O)Nc1ccncc1. The van der Waals surface area contributed by atoms with Gasteiger partial charge in [-0.15, -0.1) is 0 Å². The van der Waals surface area contributed by atoms with E-state index in [1.165, 1.54) is 0 Å². The molecule has 0 bridgehead atoms. The summed E-state index contributed by atoms with van der Waals surface area (Å²) in [6.07, 6.45) is 4.72. The van der Waals surface area contributed by atoms with Crippen LogP contribution >= 0.6 is 0 Å². The third-order valence-corrected chi connectivity index (χ3v) is 4.05. The Hall–Kier alpha value is -3.35. The van der Waals surface area contributed by atoms with Gasteiger partial charge in [-0.05, 0) is 44.5 Å². The van der Waals surface area contributed by atoms with E-state index >= 15 is 0 Å². The summed E-state index contributed by atoms with van der Waals surface area (Å²) in [6, 6.07) is 10.4. The molecule has 1 atom stereocenters. The zero-order valence-electron chi connectivity index (χ0n) is 16.2. The number of carbonyl (C=O) groups excluding carboxylic acids is 2. The zero-order chi connectivity index (χ0) is 20.1. The highest BCUT2D eigenvalue weighted by Gasteiger charge is 2.25. The Labute approximate surface area is 163 Å². The number of pyridine rings is 1. The molecule has 0 aliphatic rings. The number of H-pyrrole nitrogens is 1. The normalized spacial score (nSPS) is 12.4. The van der Waals surface area contributed by atoms with Crippen LogP contribution < -0.4 is 10.6 Å². The largest absolute Gasteiger partial charge is 0.444 e. The van der Waals surface area contributed by atoms with Crippen molar-refractivity contribution < 1.29 is 14.3 Å². The van der Waals surface area contributed by atoms with Gasteiger partial charge in [-0.2, -0.15) is 0 Å². The average molecular weight is 380 g/mol. The highest BCUT2D eigenvalue weighted by atomic mass is 16.6. The number of benzene rings is 1. The minimum atomic E-state index is -0.803. The summed E-state index contributed by atoms with van der Waals surface area (Å²) in [4.78, 5) is 32.3. The van der Waals surface area contributed by atoms with Crippen molar-refractivity contribution in [2.24, 2.45) is 0 Å². The molecule has 7 nitrogen and oxygen atoms in total. The van der Waals surface area contributed by atoms with E-state index < -0.39 is 17.7 Å². The van der Waals surface area contributed by atoms with E-state index in [9.17, 15) is 9.59 Å². The molecule has 2 amide bonds. The number of anilines is 1. The maximum absolute atomic E-state index is 12.9. The van der Waals surface area contributed by atoms with Crippen LogP contribution in [0.4, 0.5) is 10.5 Å². The molecule has 146 valence electrons. The number of aromatic amines is 1. The number of amides is 2. The summed E-state index contributed by atoms with van der Waals surface area (Å²) in [5.41, 5.74) is 1.86. The number of ether oxygens (including phenoxy) is 1. The molecule has 0 aliphatic carbocycles. The predicted octanol–water partition coefficient (Wildman–Crippen LogP) is 3.64. The van der Waals surface area contributed by atoms with Crippen LogP contribution in [0.25, 0.3) is 10.9 Å². The van der Waals surface area contributed by atoms with Crippen molar-refractivity contribution in [3.8, 4) is 0 Å². The molecule has 0 spiro atoms. The summed E-state index contributed by atoms with van der Waals surface area (Å²) >= 11 is 0. The first-order chi connectivity index (χ1) is 13.3. The smallest absolute Gasteiger partial charge is 0.408 e. The van der Waals surface area contributed by atoms with Crippen LogP contribution in [0.1, 0.15) is 26.3 Å². The summed E-state index contributed by atoms with van der Waals surface area (Å²) in [7, 11) is 0. The number of alkyl carbamates (subject to hydrolysis) is 1. The van der Waals surface area contributed by atoms with Gasteiger partial charge in [0.15, 0.2) is 0 Å². The monoisotopic (exact) mass is 380 g/mol. The van der Waals surface area contributed by atoms with Crippen LogP contribution in [-0.4, -0.2) is 33.6 Å². The van der Waals surface area contributed by atoms with E-state index in [0.29, 0.717) is 12.1 Å². The van der Waals surface area contributed by atoms with Crippen LogP contribution in [0, 0.1) is 0 Å². The van der Waals surface area contributed by atoms with Crippen molar-refractivity contribution in [1.82, 2.24) is 15.3 Å². The van der Waals surface area contributed by atoms with Gasteiger partial charge in [-0.1, -0.05) is 18.2 Å². The molecule has 3 N–H and O–H groups in total. The Bertz CT molecular complexity index is 960. The molecule has 0 fully saturated rings. The van der Waals surface area contributed by atoms with Gasteiger partial charge in [-0.25, -0.2) is 4.79 Å². The van der Waals surface area contributed by atoms with E-state index in [2.05, 4.69) is 20.6 Å². The van der Waals surface area contributed by atoms with Crippen molar-refractivity contribution in [3.63, 3.8) is 0 Å². The van der Waals surface area contributed by atoms with Gasteiger partial charge in [0.25, 0.3) is 0 Å².